The van der Waals surface area contributed by atoms with E-state index in [2.05, 4.69) is 0 Å². The van der Waals surface area contributed by atoms with E-state index in [0.717, 1.165) is 0 Å². The van der Waals surface area contributed by atoms with E-state index in [1.807, 2.05) is 0 Å². The average molecular weight is 304 g/mol. The minimum absolute atomic E-state index is 0.0258. The first-order chi connectivity index (χ1) is 9.52. The summed E-state index contributed by atoms with van der Waals surface area (Å²) in [6.07, 6.45) is -1.56. The Labute approximate surface area is 120 Å². The van der Waals surface area contributed by atoms with Crippen LogP contribution in [0.25, 0.3) is 0 Å². The molecule has 1 saturated heterocycles. The van der Waals surface area contributed by atoms with E-state index in [0.29, 0.717) is 5.56 Å². The van der Waals surface area contributed by atoms with Crippen LogP contribution in [0.4, 0.5) is 9.18 Å². The van der Waals surface area contributed by atoms with Crippen molar-refractivity contribution in [1.82, 2.24) is 4.90 Å². The van der Waals surface area contributed by atoms with E-state index in [4.69, 9.17) is 21.4 Å². The number of nitrogens with zero attached hydrogens (tertiary/aromatic N) is 1. The zero-order valence-electron chi connectivity index (χ0n) is 10.6. The van der Waals surface area contributed by atoms with Crippen molar-refractivity contribution >= 4 is 17.7 Å². The van der Waals surface area contributed by atoms with Gasteiger partial charge in [-0.2, -0.15) is 0 Å². The number of aliphatic hydroxyl groups is 1. The molecule has 1 amide bonds. The number of carboxylic acid groups (broad SMARTS) is 1. The molecule has 0 bridgehead atoms. The fourth-order valence-electron chi connectivity index (χ4n) is 2.28. The maximum absolute atomic E-state index is 13.2. The van der Waals surface area contributed by atoms with E-state index in [1.165, 1.54) is 23.1 Å². The number of carbonyl (C=O) groups is 1. The van der Waals surface area contributed by atoms with Crippen molar-refractivity contribution in [2.75, 3.05) is 26.3 Å². The highest BCUT2D eigenvalue weighted by Crippen LogP contribution is 2.31. The first-order valence-corrected chi connectivity index (χ1v) is 6.56. The molecule has 5 nitrogen and oxygen atoms in total. The summed E-state index contributed by atoms with van der Waals surface area (Å²) in [4.78, 5) is 12.2. The Bertz CT molecular complexity index is 499. The van der Waals surface area contributed by atoms with E-state index in [1.54, 1.807) is 0 Å². The highest BCUT2D eigenvalue weighted by atomic mass is 35.5. The molecule has 0 aromatic heterocycles. The Hall–Kier alpha value is -1.37. The summed E-state index contributed by atoms with van der Waals surface area (Å²) in [6.45, 7) is 0.370. The van der Waals surface area contributed by atoms with Crippen LogP contribution in [0.2, 0.25) is 5.02 Å². The SMILES string of the molecule is O=C(O)N1CCO[C@H](c2ccc(F)c(Cl)c2)[C@@H](CO)C1. The molecule has 1 aliphatic rings. The number of hydrogen-bond acceptors (Lipinski definition) is 3. The molecular formula is C13H15ClFNO4. The molecule has 0 spiro atoms. The maximum atomic E-state index is 13.2. The van der Waals surface area contributed by atoms with Crippen molar-refractivity contribution < 1.29 is 24.1 Å². The van der Waals surface area contributed by atoms with Gasteiger partial charge in [0.05, 0.1) is 24.3 Å². The van der Waals surface area contributed by atoms with Gasteiger partial charge in [0.2, 0.25) is 0 Å². The van der Waals surface area contributed by atoms with Crippen LogP contribution >= 0.6 is 11.6 Å². The number of hydrogen-bond donors (Lipinski definition) is 2. The van der Waals surface area contributed by atoms with Crippen molar-refractivity contribution in [3.8, 4) is 0 Å². The van der Waals surface area contributed by atoms with Gasteiger partial charge < -0.3 is 19.8 Å². The molecule has 2 N–H and O–H groups in total. The predicted octanol–water partition coefficient (Wildman–Crippen LogP) is 2.14. The molecular weight excluding hydrogens is 289 g/mol. The van der Waals surface area contributed by atoms with Gasteiger partial charge in [-0.15, -0.1) is 0 Å². The molecule has 1 aliphatic heterocycles. The first-order valence-electron chi connectivity index (χ1n) is 6.18. The van der Waals surface area contributed by atoms with E-state index >= 15 is 0 Å². The normalized spacial score (nSPS) is 23.4. The lowest BCUT2D eigenvalue weighted by atomic mass is 9.96. The zero-order valence-corrected chi connectivity index (χ0v) is 11.4. The quantitative estimate of drug-likeness (QED) is 0.878. The Balaban J connectivity index is 2.24. The first kappa shape index (κ1) is 15.0. The number of ether oxygens (including phenoxy) is 1. The topological polar surface area (TPSA) is 70.0 Å². The van der Waals surface area contributed by atoms with Crippen molar-refractivity contribution in [1.29, 1.82) is 0 Å². The molecule has 2 rings (SSSR count). The third-order valence-electron chi connectivity index (χ3n) is 3.32. The molecule has 7 heteroatoms. The minimum Gasteiger partial charge on any atom is -0.465 e. The summed E-state index contributed by atoms with van der Waals surface area (Å²) in [5, 5.41) is 18.5. The second-order valence-electron chi connectivity index (χ2n) is 4.64. The molecule has 0 saturated carbocycles. The summed E-state index contributed by atoms with van der Waals surface area (Å²) in [6, 6.07) is 4.21. The van der Waals surface area contributed by atoms with Gasteiger partial charge in [-0.1, -0.05) is 17.7 Å². The summed E-state index contributed by atoms with van der Waals surface area (Å²) in [5.74, 6) is -0.952. The summed E-state index contributed by atoms with van der Waals surface area (Å²) in [5.41, 5.74) is 0.627. The van der Waals surface area contributed by atoms with Gasteiger partial charge >= 0.3 is 6.09 Å². The van der Waals surface area contributed by atoms with Gasteiger partial charge in [0.1, 0.15) is 5.82 Å². The van der Waals surface area contributed by atoms with Crippen molar-refractivity contribution in [3.05, 3.63) is 34.6 Å². The van der Waals surface area contributed by atoms with Gasteiger partial charge in [0.15, 0.2) is 0 Å². The molecule has 20 heavy (non-hydrogen) atoms. The van der Waals surface area contributed by atoms with Crippen LogP contribution in [0.15, 0.2) is 18.2 Å². The standard InChI is InChI=1S/C13H15ClFNO4/c14-10-5-8(1-2-11(10)15)12-9(7-17)6-16(13(18)19)3-4-20-12/h1-2,5,9,12,17H,3-4,6-7H2,(H,18,19)/t9-,12-/m1/s1. The second-order valence-corrected chi connectivity index (χ2v) is 5.04. The summed E-state index contributed by atoms with van der Waals surface area (Å²) in [7, 11) is 0. The van der Waals surface area contributed by atoms with E-state index < -0.39 is 23.9 Å². The largest absolute Gasteiger partial charge is 0.465 e. The van der Waals surface area contributed by atoms with E-state index in [-0.39, 0.29) is 31.3 Å². The predicted molar refractivity (Wildman–Crippen MR) is 70.3 cm³/mol. The van der Waals surface area contributed by atoms with Crippen LogP contribution in [0.5, 0.6) is 0 Å². The number of halogens is 2. The second kappa shape index (κ2) is 6.39. The van der Waals surface area contributed by atoms with Gasteiger partial charge in [-0.3, -0.25) is 0 Å². The maximum Gasteiger partial charge on any atom is 0.407 e. The van der Waals surface area contributed by atoms with Gasteiger partial charge in [0.25, 0.3) is 0 Å². The highest BCUT2D eigenvalue weighted by Gasteiger charge is 2.31. The summed E-state index contributed by atoms with van der Waals surface area (Å²) < 4.78 is 18.8. The average Bonchev–Trinajstić information content (AvgIpc) is 2.64. The Morgan fingerprint density at radius 3 is 2.90 bits per heavy atom. The monoisotopic (exact) mass is 303 g/mol. The molecule has 1 aromatic carbocycles. The van der Waals surface area contributed by atoms with Gasteiger partial charge in [-0.05, 0) is 17.7 Å². The van der Waals surface area contributed by atoms with Gasteiger partial charge in [0, 0.05) is 19.0 Å². The van der Waals surface area contributed by atoms with Crippen molar-refractivity contribution in [2.45, 2.75) is 6.10 Å². The Morgan fingerprint density at radius 2 is 2.30 bits per heavy atom. The third-order valence-corrected chi connectivity index (χ3v) is 3.61. The van der Waals surface area contributed by atoms with Crippen LogP contribution in [-0.2, 0) is 4.74 Å². The van der Waals surface area contributed by atoms with Crippen LogP contribution in [0.3, 0.4) is 0 Å². The lowest BCUT2D eigenvalue weighted by molar-refractivity contribution is 0.0113. The Kier molecular flexibility index (Phi) is 4.80. The van der Waals surface area contributed by atoms with Crippen molar-refractivity contribution in [3.63, 3.8) is 0 Å². The van der Waals surface area contributed by atoms with Crippen molar-refractivity contribution in [2.24, 2.45) is 5.92 Å². The number of aliphatic hydroxyl groups excluding tert-OH is 1. The van der Waals surface area contributed by atoms with Crippen LogP contribution in [0.1, 0.15) is 11.7 Å². The smallest absolute Gasteiger partial charge is 0.407 e. The van der Waals surface area contributed by atoms with Crippen LogP contribution < -0.4 is 0 Å². The number of benzene rings is 1. The summed E-state index contributed by atoms with van der Waals surface area (Å²) >= 11 is 5.75. The minimum atomic E-state index is -1.05. The Morgan fingerprint density at radius 1 is 1.55 bits per heavy atom. The van der Waals surface area contributed by atoms with Crippen LogP contribution in [-0.4, -0.2) is 47.5 Å². The molecule has 0 unspecified atom stereocenters. The fourth-order valence-corrected chi connectivity index (χ4v) is 2.47. The van der Waals surface area contributed by atoms with Crippen LogP contribution in [0, 0.1) is 11.7 Å². The number of rotatable bonds is 2. The highest BCUT2D eigenvalue weighted by molar-refractivity contribution is 6.30. The fraction of sp³-hybridized carbons (Fsp3) is 0.462. The third kappa shape index (κ3) is 3.20. The zero-order chi connectivity index (χ0) is 14.7. The molecule has 1 aromatic rings. The molecule has 110 valence electrons. The van der Waals surface area contributed by atoms with Gasteiger partial charge in [-0.25, -0.2) is 9.18 Å². The lowest BCUT2D eigenvalue weighted by Crippen LogP contribution is -2.36. The molecule has 1 fully saturated rings. The molecule has 1 heterocycles. The van der Waals surface area contributed by atoms with E-state index in [9.17, 15) is 14.3 Å². The molecule has 2 atom stereocenters. The number of amides is 1. The lowest BCUT2D eigenvalue weighted by Gasteiger charge is -2.25. The molecule has 0 aliphatic carbocycles. The molecule has 0 radical (unpaired) electrons.